The lowest BCUT2D eigenvalue weighted by Crippen LogP contribution is -2.06. The van der Waals surface area contributed by atoms with Crippen LogP contribution >= 0.6 is 11.8 Å². The summed E-state index contributed by atoms with van der Waals surface area (Å²) in [7, 11) is 0. The molecule has 15 heavy (non-hydrogen) atoms. The SMILES string of the molecule is CSCCCNc1ncc(N)cc1C#N. The predicted octanol–water partition coefficient (Wildman–Crippen LogP) is 1.70. The molecule has 1 aromatic rings. The van der Waals surface area contributed by atoms with Crippen LogP contribution in [0.3, 0.4) is 0 Å². The van der Waals surface area contributed by atoms with Gasteiger partial charge >= 0.3 is 0 Å². The molecular weight excluding hydrogens is 208 g/mol. The third-order valence-electron chi connectivity index (χ3n) is 1.85. The second-order valence-corrected chi connectivity index (χ2v) is 4.04. The van der Waals surface area contributed by atoms with E-state index in [4.69, 9.17) is 11.0 Å². The van der Waals surface area contributed by atoms with Crippen molar-refractivity contribution in [1.29, 1.82) is 5.26 Å². The number of pyridine rings is 1. The lowest BCUT2D eigenvalue weighted by molar-refractivity contribution is 0.980. The molecule has 1 rings (SSSR count). The molecule has 0 spiro atoms. The van der Waals surface area contributed by atoms with Gasteiger partial charge in [0.15, 0.2) is 0 Å². The summed E-state index contributed by atoms with van der Waals surface area (Å²) in [5.74, 6) is 1.72. The van der Waals surface area contributed by atoms with Gasteiger partial charge in [0.1, 0.15) is 11.9 Å². The largest absolute Gasteiger partial charge is 0.397 e. The normalized spacial score (nSPS) is 9.60. The quantitative estimate of drug-likeness (QED) is 0.742. The minimum absolute atomic E-state index is 0.499. The Morgan fingerprint density at radius 1 is 1.67 bits per heavy atom. The number of hydrogen-bond donors (Lipinski definition) is 2. The van der Waals surface area contributed by atoms with Gasteiger partial charge in [-0.25, -0.2) is 4.98 Å². The number of aromatic nitrogens is 1. The molecule has 0 radical (unpaired) electrons. The first kappa shape index (κ1) is 11.7. The van der Waals surface area contributed by atoms with E-state index in [9.17, 15) is 0 Å². The Balaban J connectivity index is 2.57. The van der Waals surface area contributed by atoms with Gasteiger partial charge in [0, 0.05) is 6.54 Å². The fourth-order valence-electron chi connectivity index (χ4n) is 1.13. The topological polar surface area (TPSA) is 74.7 Å². The Morgan fingerprint density at radius 2 is 2.47 bits per heavy atom. The average molecular weight is 222 g/mol. The Labute approximate surface area is 93.9 Å². The Kier molecular flexibility index (Phi) is 4.78. The smallest absolute Gasteiger partial charge is 0.144 e. The zero-order valence-corrected chi connectivity index (χ0v) is 9.47. The second-order valence-electron chi connectivity index (χ2n) is 3.05. The van der Waals surface area contributed by atoms with E-state index in [-0.39, 0.29) is 0 Å². The van der Waals surface area contributed by atoms with E-state index in [1.54, 1.807) is 24.0 Å². The first-order valence-electron chi connectivity index (χ1n) is 4.66. The Morgan fingerprint density at radius 3 is 3.13 bits per heavy atom. The Hall–Kier alpha value is -1.41. The van der Waals surface area contributed by atoms with Crippen LogP contribution in [0.5, 0.6) is 0 Å². The van der Waals surface area contributed by atoms with Gasteiger partial charge in [-0.05, 0) is 24.5 Å². The maximum atomic E-state index is 8.86. The van der Waals surface area contributed by atoms with Crippen molar-refractivity contribution in [2.45, 2.75) is 6.42 Å². The van der Waals surface area contributed by atoms with Gasteiger partial charge in [0.05, 0.1) is 17.4 Å². The van der Waals surface area contributed by atoms with E-state index in [0.717, 1.165) is 18.7 Å². The summed E-state index contributed by atoms with van der Waals surface area (Å²) in [6.45, 7) is 0.826. The van der Waals surface area contributed by atoms with E-state index < -0.39 is 0 Å². The molecule has 1 aromatic heterocycles. The van der Waals surface area contributed by atoms with Crippen molar-refractivity contribution >= 4 is 23.3 Å². The van der Waals surface area contributed by atoms with Gasteiger partial charge in [-0.1, -0.05) is 0 Å². The highest BCUT2D eigenvalue weighted by Gasteiger charge is 2.02. The number of hydrogen-bond acceptors (Lipinski definition) is 5. The van der Waals surface area contributed by atoms with Crippen molar-refractivity contribution in [3.63, 3.8) is 0 Å². The highest BCUT2D eigenvalue weighted by molar-refractivity contribution is 7.98. The molecule has 5 heteroatoms. The molecule has 0 saturated heterocycles. The summed E-state index contributed by atoms with van der Waals surface area (Å²) in [4.78, 5) is 4.08. The molecule has 1 heterocycles. The van der Waals surface area contributed by atoms with Gasteiger partial charge < -0.3 is 11.1 Å². The van der Waals surface area contributed by atoms with Crippen LogP contribution in [0.15, 0.2) is 12.3 Å². The number of nitriles is 1. The summed E-state index contributed by atoms with van der Waals surface area (Å²) >= 11 is 1.80. The number of rotatable bonds is 5. The van der Waals surface area contributed by atoms with Crippen LogP contribution in [0.25, 0.3) is 0 Å². The molecule has 0 aliphatic rings. The lowest BCUT2D eigenvalue weighted by atomic mass is 10.2. The van der Waals surface area contributed by atoms with Gasteiger partial charge in [-0.2, -0.15) is 17.0 Å². The predicted molar refractivity (Wildman–Crippen MR) is 64.9 cm³/mol. The molecule has 0 bridgehead atoms. The van der Waals surface area contributed by atoms with Crippen LogP contribution in [-0.4, -0.2) is 23.5 Å². The summed E-state index contributed by atoms with van der Waals surface area (Å²) in [6, 6.07) is 3.70. The number of anilines is 2. The van der Waals surface area contributed by atoms with Gasteiger partial charge in [-0.15, -0.1) is 0 Å². The summed E-state index contributed by atoms with van der Waals surface area (Å²) in [5.41, 5.74) is 6.55. The Bertz CT molecular complexity index is 359. The minimum atomic E-state index is 0.499. The van der Waals surface area contributed by atoms with Crippen LogP contribution in [0.1, 0.15) is 12.0 Å². The maximum Gasteiger partial charge on any atom is 0.144 e. The minimum Gasteiger partial charge on any atom is -0.397 e. The molecule has 4 nitrogen and oxygen atoms in total. The molecule has 0 aromatic carbocycles. The number of nitrogens with one attached hydrogen (secondary N) is 1. The highest BCUT2D eigenvalue weighted by Crippen LogP contribution is 2.14. The zero-order chi connectivity index (χ0) is 11.1. The number of thioether (sulfide) groups is 1. The monoisotopic (exact) mass is 222 g/mol. The molecule has 0 fully saturated rings. The molecule has 3 N–H and O–H groups in total. The number of nitrogens with two attached hydrogens (primary N) is 1. The van der Waals surface area contributed by atoms with Crippen LogP contribution in [0.4, 0.5) is 11.5 Å². The van der Waals surface area contributed by atoms with Crippen LogP contribution in [-0.2, 0) is 0 Å². The maximum absolute atomic E-state index is 8.86. The van der Waals surface area contributed by atoms with Crippen molar-refractivity contribution in [2.75, 3.05) is 29.6 Å². The lowest BCUT2D eigenvalue weighted by Gasteiger charge is -2.06. The van der Waals surface area contributed by atoms with Crippen molar-refractivity contribution in [2.24, 2.45) is 0 Å². The van der Waals surface area contributed by atoms with Gasteiger partial charge in [0.25, 0.3) is 0 Å². The van der Waals surface area contributed by atoms with E-state index in [1.807, 2.05) is 0 Å². The molecule has 0 atom stereocenters. The van der Waals surface area contributed by atoms with Gasteiger partial charge in [-0.3, -0.25) is 0 Å². The van der Waals surface area contributed by atoms with Gasteiger partial charge in [0.2, 0.25) is 0 Å². The summed E-state index contributed by atoms with van der Waals surface area (Å²) < 4.78 is 0. The van der Waals surface area contributed by atoms with E-state index >= 15 is 0 Å². The summed E-state index contributed by atoms with van der Waals surface area (Å²) in [6.07, 6.45) is 4.68. The molecule has 0 saturated carbocycles. The van der Waals surface area contributed by atoms with Crippen LogP contribution in [0.2, 0.25) is 0 Å². The third kappa shape index (κ3) is 3.68. The first-order chi connectivity index (χ1) is 7.27. The van der Waals surface area contributed by atoms with Crippen molar-refractivity contribution in [3.8, 4) is 6.07 Å². The fraction of sp³-hybridized carbons (Fsp3) is 0.400. The summed E-state index contributed by atoms with van der Waals surface area (Å²) in [5, 5.41) is 12.0. The van der Waals surface area contributed by atoms with E-state index in [1.165, 1.54) is 0 Å². The van der Waals surface area contributed by atoms with Crippen LogP contribution in [0, 0.1) is 11.3 Å². The van der Waals surface area contributed by atoms with E-state index in [0.29, 0.717) is 17.1 Å². The van der Waals surface area contributed by atoms with Crippen molar-refractivity contribution in [1.82, 2.24) is 4.98 Å². The molecule has 0 aliphatic heterocycles. The molecule has 0 aliphatic carbocycles. The molecule has 0 amide bonds. The van der Waals surface area contributed by atoms with Crippen molar-refractivity contribution in [3.05, 3.63) is 17.8 Å². The number of nitrogen functional groups attached to an aromatic ring is 1. The third-order valence-corrected chi connectivity index (χ3v) is 2.54. The second kappa shape index (κ2) is 6.14. The van der Waals surface area contributed by atoms with Crippen LogP contribution < -0.4 is 11.1 Å². The molecule has 80 valence electrons. The van der Waals surface area contributed by atoms with E-state index in [2.05, 4.69) is 22.6 Å². The molecule has 0 unspecified atom stereocenters. The zero-order valence-electron chi connectivity index (χ0n) is 8.66. The molecular formula is C10H14N4S. The number of nitrogens with zero attached hydrogens (tertiary/aromatic N) is 2. The highest BCUT2D eigenvalue weighted by atomic mass is 32.2. The fourth-order valence-corrected chi connectivity index (χ4v) is 1.56. The first-order valence-corrected chi connectivity index (χ1v) is 6.05. The van der Waals surface area contributed by atoms with Crippen molar-refractivity contribution < 1.29 is 0 Å². The average Bonchev–Trinajstić information content (AvgIpc) is 2.26. The standard InChI is InChI=1S/C10H14N4S/c1-15-4-2-3-13-10-8(6-11)5-9(12)7-14-10/h5,7H,2-4,12H2,1H3,(H,13,14).